The molecule has 0 radical (unpaired) electrons. The summed E-state index contributed by atoms with van der Waals surface area (Å²) in [7, 11) is 0. The number of ketones is 2. The van der Waals surface area contributed by atoms with Crippen LogP contribution >= 0.6 is 0 Å². The summed E-state index contributed by atoms with van der Waals surface area (Å²) >= 11 is 0. The highest BCUT2D eigenvalue weighted by Gasteiger charge is 2.32. The molecular formula is C15H10O4. The van der Waals surface area contributed by atoms with Crippen molar-refractivity contribution in [2.45, 2.75) is 6.92 Å². The highest BCUT2D eigenvalue weighted by Crippen LogP contribution is 2.35. The van der Waals surface area contributed by atoms with Gasteiger partial charge in [0.1, 0.15) is 11.5 Å². The van der Waals surface area contributed by atoms with Gasteiger partial charge in [-0.3, -0.25) is 9.59 Å². The zero-order valence-electron chi connectivity index (χ0n) is 10.1. The van der Waals surface area contributed by atoms with Gasteiger partial charge in [-0.05, 0) is 36.8 Å². The zero-order valence-corrected chi connectivity index (χ0v) is 10.1. The van der Waals surface area contributed by atoms with Gasteiger partial charge in [0.2, 0.25) is 0 Å². The molecule has 4 heteroatoms. The Morgan fingerprint density at radius 3 is 2.26 bits per heavy atom. The van der Waals surface area contributed by atoms with Gasteiger partial charge in [0, 0.05) is 16.7 Å². The van der Waals surface area contributed by atoms with Crippen LogP contribution in [0.25, 0.3) is 0 Å². The van der Waals surface area contributed by atoms with Crippen LogP contribution in [0.4, 0.5) is 0 Å². The van der Waals surface area contributed by atoms with E-state index in [1.54, 1.807) is 19.1 Å². The number of benzene rings is 2. The van der Waals surface area contributed by atoms with Crippen LogP contribution in [-0.2, 0) is 0 Å². The molecule has 2 aromatic carbocycles. The van der Waals surface area contributed by atoms with Gasteiger partial charge in [-0.2, -0.15) is 0 Å². The highest BCUT2D eigenvalue weighted by molar-refractivity contribution is 6.29. The average Bonchev–Trinajstić information content (AvgIpc) is 2.39. The highest BCUT2D eigenvalue weighted by atomic mass is 16.3. The number of aromatic hydroxyl groups is 2. The van der Waals surface area contributed by atoms with Crippen molar-refractivity contribution in [1.82, 2.24) is 0 Å². The molecule has 4 nitrogen and oxygen atoms in total. The van der Waals surface area contributed by atoms with Crippen LogP contribution in [0.5, 0.6) is 11.5 Å². The minimum atomic E-state index is -0.443. The van der Waals surface area contributed by atoms with Gasteiger partial charge in [0.15, 0.2) is 11.6 Å². The van der Waals surface area contributed by atoms with Gasteiger partial charge < -0.3 is 10.2 Å². The fourth-order valence-electron chi connectivity index (χ4n) is 2.31. The number of phenolic OH excluding ortho intramolecular Hbond substituents is 2. The van der Waals surface area contributed by atoms with Crippen molar-refractivity contribution < 1.29 is 19.8 Å². The molecule has 0 saturated carbocycles. The molecule has 0 heterocycles. The largest absolute Gasteiger partial charge is 0.508 e. The SMILES string of the molecule is Cc1ccc2c(c1O)C(=O)c1cc(O)ccc1C2=O. The molecule has 0 bridgehead atoms. The maximum Gasteiger partial charge on any atom is 0.198 e. The van der Waals surface area contributed by atoms with Gasteiger partial charge in [-0.15, -0.1) is 0 Å². The van der Waals surface area contributed by atoms with Gasteiger partial charge in [0.25, 0.3) is 0 Å². The summed E-state index contributed by atoms with van der Waals surface area (Å²) in [6.45, 7) is 1.66. The summed E-state index contributed by atoms with van der Waals surface area (Å²) in [5.41, 5.74) is 1.12. The number of hydrogen-bond donors (Lipinski definition) is 2. The van der Waals surface area contributed by atoms with Crippen LogP contribution < -0.4 is 0 Å². The third kappa shape index (κ3) is 1.46. The molecule has 94 valence electrons. The number of carbonyl (C=O) groups excluding carboxylic acids is 2. The lowest BCUT2D eigenvalue weighted by molar-refractivity contribution is 0.0976. The lowest BCUT2D eigenvalue weighted by Gasteiger charge is -2.19. The van der Waals surface area contributed by atoms with E-state index in [1.165, 1.54) is 18.2 Å². The minimum Gasteiger partial charge on any atom is -0.508 e. The van der Waals surface area contributed by atoms with Gasteiger partial charge in [0.05, 0.1) is 5.56 Å². The summed E-state index contributed by atoms with van der Waals surface area (Å²) in [5.74, 6) is -1.03. The molecule has 3 rings (SSSR count). The number of fused-ring (bicyclic) bond motifs is 2. The first-order valence-corrected chi connectivity index (χ1v) is 5.75. The smallest absolute Gasteiger partial charge is 0.198 e. The van der Waals surface area contributed by atoms with Crippen molar-refractivity contribution in [3.8, 4) is 11.5 Å². The number of aryl methyl sites for hydroxylation is 1. The van der Waals surface area contributed by atoms with Crippen LogP contribution in [0.1, 0.15) is 37.4 Å². The van der Waals surface area contributed by atoms with Crippen molar-refractivity contribution in [3.05, 3.63) is 58.1 Å². The number of rotatable bonds is 0. The fourth-order valence-corrected chi connectivity index (χ4v) is 2.31. The summed E-state index contributed by atoms with van der Waals surface area (Å²) in [5, 5.41) is 19.4. The summed E-state index contributed by atoms with van der Waals surface area (Å²) in [6, 6.07) is 7.18. The lowest BCUT2D eigenvalue weighted by atomic mass is 9.82. The summed E-state index contributed by atoms with van der Waals surface area (Å²) < 4.78 is 0. The van der Waals surface area contributed by atoms with Crippen molar-refractivity contribution in [3.63, 3.8) is 0 Å². The molecule has 1 aliphatic carbocycles. The normalized spacial score (nSPS) is 13.1. The fraction of sp³-hybridized carbons (Fsp3) is 0.0667. The third-order valence-corrected chi connectivity index (χ3v) is 3.34. The molecule has 0 atom stereocenters. The molecule has 2 aromatic rings. The second kappa shape index (κ2) is 3.68. The molecule has 19 heavy (non-hydrogen) atoms. The Bertz CT molecular complexity index is 744. The predicted octanol–water partition coefficient (Wildman–Crippen LogP) is 2.18. The van der Waals surface area contributed by atoms with Gasteiger partial charge >= 0.3 is 0 Å². The average molecular weight is 254 g/mol. The third-order valence-electron chi connectivity index (χ3n) is 3.34. The van der Waals surface area contributed by atoms with E-state index in [9.17, 15) is 19.8 Å². The first-order valence-electron chi connectivity index (χ1n) is 5.75. The Balaban J connectivity index is 2.36. The predicted molar refractivity (Wildman–Crippen MR) is 67.8 cm³/mol. The minimum absolute atomic E-state index is 0.0168. The van der Waals surface area contributed by atoms with E-state index >= 15 is 0 Å². The second-order valence-electron chi connectivity index (χ2n) is 4.54. The Kier molecular flexibility index (Phi) is 2.22. The first-order chi connectivity index (χ1) is 9.00. The van der Waals surface area contributed by atoms with Crippen molar-refractivity contribution in [2.75, 3.05) is 0 Å². The van der Waals surface area contributed by atoms with E-state index in [1.807, 2.05) is 0 Å². The maximum atomic E-state index is 12.4. The lowest BCUT2D eigenvalue weighted by Crippen LogP contribution is -2.21. The summed E-state index contributed by atoms with van der Waals surface area (Å²) in [6.07, 6.45) is 0. The summed E-state index contributed by atoms with van der Waals surface area (Å²) in [4.78, 5) is 24.6. The number of hydrogen-bond acceptors (Lipinski definition) is 4. The molecule has 0 fully saturated rings. The molecular weight excluding hydrogens is 244 g/mol. The van der Waals surface area contributed by atoms with E-state index < -0.39 is 5.78 Å². The number of carbonyl (C=O) groups is 2. The molecule has 0 aromatic heterocycles. The molecule has 0 saturated heterocycles. The van der Waals surface area contributed by atoms with Crippen molar-refractivity contribution in [2.24, 2.45) is 0 Å². The van der Waals surface area contributed by atoms with Crippen LogP contribution in [0.2, 0.25) is 0 Å². The Morgan fingerprint density at radius 1 is 0.842 bits per heavy atom. The Morgan fingerprint density at radius 2 is 1.53 bits per heavy atom. The quantitative estimate of drug-likeness (QED) is 0.644. The topological polar surface area (TPSA) is 74.6 Å². The Labute approximate surface area is 108 Å². The van der Waals surface area contributed by atoms with Crippen molar-refractivity contribution in [1.29, 1.82) is 0 Å². The molecule has 0 spiro atoms. The first kappa shape index (κ1) is 11.5. The Hall–Kier alpha value is -2.62. The van der Waals surface area contributed by atoms with E-state index in [0.29, 0.717) is 5.56 Å². The van der Waals surface area contributed by atoms with Gasteiger partial charge in [-0.1, -0.05) is 6.07 Å². The van der Waals surface area contributed by atoms with Crippen LogP contribution in [-0.4, -0.2) is 21.8 Å². The zero-order chi connectivity index (χ0) is 13.7. The van der Waals surface area contributed by atoms with Gasteiger partial charge in [-0.25, -0.2) is 0 Å². The second-order valence-corrected chi connectivity index (χ2v) is 4.54. The molecule has 0 amide bonds. The van der Waals surface area contributed by atoms with E-state index in [-0.39, 0.29) is 39.5 Å². The maximum absolute atomic E-state index is 12.4. The van der Waals surface area contributed by atoms with Crippen LogP contribution in [0.15, 0.2) is 30.3 Å². The van der Waals surface area contributed by atoms with E-state index in [0.717, 1.165) is 0 Å². The van der Waals surface area contributed by atoms with E-state index in [4.69, 9.17) is 0 Å². The molecule has 1 aliphatic rings. The van der Waals surface area contributed by atoms with Crippen molar-refractivity contribution >= 4 is 11.6 Å². The van der Waals surface area contributed by atoms with E-state index in [2.05, 4.69) is 0 Å². The van der Waals surface area contributed by atoms with Crippen LogP contribution in [0.3, 0.4) is 0 Å². The monoisotopic (exact) mass is 254 g/mol. The standard InChI is InChI=1S/C15H10O4/c1-7-2-4-10-12(13(7)17)15(19)11-6-8(16)3-5-9(11)14(10)18/h2-6,16-17H,1H3. The molecule has 0 unspecified atom stereocenters. The molecule has 2 N–H and O–H groups in total. The molecule has 0 aliphatic heterocycles. The number of phenols is 2. The van der Waals surface area contributed by atoms with Crippen LogP contribution in [0, 0.1) is 6.92 Å².